The SMILES string of the molecule is COC(=O)c1ccc(C(=O)OCc2ccco2)cc1. The standard InChI is InChI=1S/C14H12O5/c1-17-13(15)10-4-6-11(7-5-10)14(16)19-9-12-3-2-8-18-12/h2-8H,9H2,1H3. The molecule has 0 aliphatic rings. The Bertz CT molecular complexity index is 554. The van der Waals surface area contributed by atoms with E-state index in [2.05, 4.69) is 4.74 Å². The highest BCUT2D eigenvalue weighted by Gasteiger charge is 2.10. The van der Waals surface area contributed by atoms with Crippen LogP contribution in [-0.4, -0.2) is 19.0 Å². The first-order valence-corrected chi connectivity index (χ1v) is 5.58. The highest BCUT2D eigenvalue weighted by atomic mass is 16.5. The van der Waals surface area contributed by atoms with Gasteiger partial charge in [-0.1, -0.05) is 0 Å². The molecule has 0 aliphatic carbocycles. The third-order valence-electron chi connectivity index (χ3n) is 2.47. The van der Waals surface area contributed by atoms with Gasteiger partial charge in [-0.25, -0.2) is 9.59 Å². The lowest BCUT2D eigenvalue weighted by atomic mass is 10.1. The number of carbonyl (C=O) groups excluding carboxylic acids is 2. The number of methoxy groups -OCH3 is 1. The van der Waals surface area contributed by atoms with Crippen LogP contribution in [-0.2, 0) is 16.1 Å². The Labute approximate surface area is 109 Å². The van der Waals surface area contributed by atoms with Crippen LogP contribution in [0.25, 0.3) is 0 Å². The Balaban J connectivity index is 1.97. The van der Waals surface area contributed by atoms with Crippen molar-refractivity contribution >= 4 is 11.9 Å². The molecule has 0 aliphatic heterocycles. The highest BCUT2D eigenvalue weighted by Crippen LogP contribution is 2.09. The van der Waals surface area contributed by atoms with Gasteiger partial charge in [-0.2, -0.15) is 0 Å². The summed E-state index contributed by atoms with van der Waals surface area (Å²) in [6, 6.07) is 9.47. The molecular formula is C14H12O5. The fourth-order valence-corrected chi connectivity index (χ4v) is 1.47. The van der Waals surface area contributed by atoms with Crippen LogP contribution in [0.5, 0.6) is 0 Å². The van der Waals surface area contributed by atoms with Crippen molar-refractivity contribution in [2.45, 2.75) is 6.61 Å². The third kappa shape index (κ3) is 3.22. The lowest BCUT2D eigenvalue weighted by Crippen LogP contribution is -2.06. The summed E-state index contributed by atoms with van der Waals surface area (Å²) < 4.78 is 14.7. The van der Waals surface area contributed by atoms with Crippen molar-refractivity contribution in [2.24, 2.45) is 0 Å². The van der Waals surface area contributed by atoms with Crippen LogP contribution in [0.4, 0.5) is 0 Å². The lowest BCUT2D eigenvalue weighted by Gasteiger charge is -2.04. The number of rotatable bonds is 4. The second kappa shape index (κ2) is 5.86. The number of esters is 2. The van der Waals surface area contributed by atoms with Gasteiger partial charge in [-0.3, -0.25) is 0 Å². The van der Waals surface area contributed by atoms with E-state index >= 15 is 0 Å². The van der Waals surface area contributed by atoms with E-state index in [0.717, 1.165) is 0 Å². The molecule has 0 fully saturated rings. The average molecular weight is 260 g/mol. The molecule has 19 heavy (non-hydrogen) atoms. The summed E-state index contributed by atoms with van der Waals surface area (Å²) in [6.45, 7) is 0.0740. The van der Waals surface area contributed by atoms with Crippen LogP contribution in [0.3, 0.4) is 0 Å². The number of furan rings is 1. The van der Waals surface area contributed by atoms with Gasteiger partial charge >= 0.3 is 11.9 Å². The molecule has 0 saturated carbocycles. The maximum atomic E-state index is 11.7. The zero-order valence-electron chi connectivity index (χ0n) is 10.3. The lowest BCUT2D eigenvalue weighted by molar-refractivity contribution is 0.0444. The molecule has 0 amide bonds. The minimum atomic E-state index is -0.479. The monoisotopic (exact) mass is 260 g/mol. The molecule has 0 unspecified atom stereocenters. The van der Waals surface area contributed by atoms with Gasteiger partial charge in [0.1, 0.15) is 12.4 Å². The number of hydrogen-bond acceptors (Lipinski definition) is 5. The smallest absolute Gasteiger partial charge is 0.338 e. The van der Waals surface area contributed by atoms with Crippen molar-refractivity contribution in [2.75, 3.05) is 7.11 Å². The fourth-order valence-electron chi connectivity index (χ4n) is 1.47. The van der Waals surface area contributed by atoms with E-state index in [1.165, 1.54) is 37.6 Å². The first-order valence-electron chi connectivity index (χ1n) is 5.58. The van der Waals surface area contributed by atoms with Crippen LogP contribution >= 0.6 is 0 Å². The zero-order valence-corrected chi connectivity index (χ0v) is 10.3. The van der Waals surface area contributed by atoms with Crippen molar-refractivity contribution in [1.29, 1.82) is 0 Å². The second-order valence-corrected chi connectivity index (χ2v) is 3.72. The van der Waals surface area contributed by atoms with Crippen LogP contribution in [0.15, 0.2) is 47.1 Å². The van der Waals surface area contributed by atoms with Crippen molar-refractivity contribution in [3.63, 3.8) is 0 Å². The summed E-state index contributed by atoms with van der Waals surface area (Å²) in [7, 11) is 1.30. The van der Waals surface area contributed by atoms with Crippen LogP contribution in [0, 0.1) is 0 Å². The van der Waals surface area contributed by atoms with Gasteiger partial charge in [-0.15, -0.1) is 0 Å². The molecule has 5 heteroatoms. The minimum Gasteiger partial charge on any atom is -0.466 e. The van der Waals surface area contributed by atoms with E-state index in [0.29, 0.717) is 16.9 Å². The van der Waals surface area contributed by atoms with Crippen molar-refractivity contribution in [3.05, 3.63) is 59.5 Å². The van der Waals surface area contributed by atoms with E-state index in [9.17, 15) is 9.59 Å². The van der Waals surface area contributed by atoms with Crippen LogP contribution in [0.2, 0.25) is 0 Å². The maximum absolute atomic E-state index is 11.7. The molecule has 0 atom stereocenters. The summed E-state index contributed by atoms with van der Waals surface area (Å²) in [5.74, 6) is -0.358. The maximum Gasteiger partial charge on any atom is 0.338 e. The van der Waals surface area contributed by atoms with Gasteiger partial charge in [0.05, 0.1) is 24.5 Å². The van der Waals surface area contributed by atoms with Gasteiger partial charge in [0, 0.05) is 0 Å². The van der Waals surface area contributed by atoms with Crippen molar-refractivity contribution < 1.29 is 23.5 Å². The summed E-state index contributed by atoms with van der Waals surface area (Å²) in [6.07, 6.45) is 1.51. The van der Waals surface area contributed by atoms with Gasteiger partial charge in [0.15, 0.2) is 0 Å². The highest BCUT2D eigenvalue weighted by molar-refractivity contribution is 5.93. The van der Waals surface area contributed by atoms with Gasteiger partial charge in [0.25, 0.3) is 0 Å². The van der Waals surface area contributed by atoms with Crippen LogP contribution in [0.1, 0.15) is 26.5 Å². The number of hydrogen-bond donors (Lipinski definition) is 0. The third-order valence-corrected chi connectivity index (χ3v) is 2.47. The van der Waals surface area contributed by atoms with E-state index in [-0.39, 0.29) is 6.61 Å². The quantitative estimate of drug-likeness (QED) is 0.790. The van der Waals surface area contributed by atoms with Crippen LogP contribution < -0.4 is 0 Å². The summed E-state index contributed by atoms with van der Waals surface area (Å²) >= 11 is 0. The summed E-state index contributed by atoms with van der Waals surface area (Å²) in [5, 5.41) is 0. The molecule has 0 spiro atoms. The Hall–Kier alpha value is -2.56. The van der Waals surface area contributed by atoms with E-state index in [1.54, 1.807) is 12.1 Å². The Kier molecular flexibility index (Phi) is 3.97. The largest absolute Gasteiger partial charge is 0.466 e. The Morgan fingerprint density at radius 2 is 1.68 bits per heavy atom. The van der Waals surface area contributed by atoms with Gasteiger partial charge < -0.3 is 13.9 Å². The van der Waals surface area contributed by atoms with E-state index in [1.807, 2.05) is 0 Å². The van der Waals surface area contributed by atoms with E-state index in [4.69, 9.17) is 9.15 Å². The number of carbonyl (C=O) groups is 2. The molecule has 1 heterocycles. The molecule has 98 valence electrons. The molecule has 0 saturated heterocycles. The Morgan fingerprint density at radius 3 is 2.21 bits per heavy atom. The molecule has 2 rings (SSSR count). The van der Waals surface area contributed by atoms with Crippen molar-refractivity contribution in [1.82, 2.24) is 0 Å². The minimum absolute atomic E-state index is 0.0740. The average Bonchev–Trinajstić information content (AvgIpc) is 2.97. The molecule has 1 aromatic carbocycles. The molecule has 5 nitrogen and oxygen atoms in total. The molecule has 2 aromatic rings. The first-order chi connectivity index (χ1) is 9.20. The zero-order chi connectivity index (χ0) is 13.7. The predicted molar refractivity (Wildman–Crippen MR) is 65.6 cm³/mol. The number of ether oxygens (including phenoxy) is 2. The van der Waals surface area contributed by atoms with Crippen molar-refractivity contribution in [3.8, 4) is 0 Å². The summed E-state index contributed by atoms with van der Waals surface area (Å²) in [5.41, 5.74) is 0.740. The molecule has 0 radical (unpaired) electrons. The Morgan fingerprint density at radius 1 is 1.05 bits per heavy atom. The number of benzene rings is 1. The fraction of sp³-hybridized carbons (Fsp3) is 0.143. The molecule has 1 aromatic heterocycles. The summed E-state index contributed by atoms with van der Waals surface area (Å²) in [4.78, 5) is 22.9. The first kappa shape index (κ1) is 12.9. The van der Waals surface area contributed by atoms with Gasteiger partial charge in [0.2, 0.25) is 0 Å². The molecule has 0 N–H and O–H groups in total. The van der Waals surface area contributed by atoms with Gasteiger partial charge in [-0.05, 0) is 36.4 Å². The van der Waals surface area contributed by atoms with E-state index < -0.39 is 11.9 Å². The topological polar surface area (TPSA) is 65.7 Å². The normalized spacial score (nSPS) is 9.95. The second-order valence-electron chi connectivity index (χ2n) is 3.72. The molecule has 0 bridgehead atoms. The predicted octanol–water partition coefficient (Wildman–Crippen LogP) is 2.42. The molecular weight excluding hydrogens is 248 g/mol.